The number of carbonyl (C=O) groups is 1. The molecule has 0 unspecified atom stereocenters. The van der Waals surface area contributed by atoms with Gasteiger partial charge in [-0.1, -0.05) is 6.92 Å². The molecule has 8 atom stereocenters. The van der Waals surface area contributed by atoms with Gasteiger partial charge in [0.2, 0.25) is 0 Å². The normalized spacial score (nSPS) is 42.1. The van der Waals surface area contributed by atoms with Crippen LogP contribution in [-0.4, -0.2) is 39.5 Å². The zero-order valence-electron chi connectivity index (χ0n) is 20.2. The van der Waals surface area contributed by atoms with E-state index < -0.39 is 5.60 Å². The molecule has 4 aliphatic carbocycles. The quantitative estimate of drug-likeness (QED) is 0.691. The van der Waals surface area contributed by atoms with Crippen molar-refractivity contribution in [2.75, 3.05) is 13.2 Å². The highest BCUT2D eigenvalue weighted by Crippen LogP contribution is 2.64. The molecule has 4 fully saturated rings. The van der Waals surface area contributed by atoms with Gasteiger partial charge in [0.1, 0.15) is 6.07 Å². The molecule has 0 amide bonds. The van der Waals surface area contributed by atoms with Gasteiger partial charge in [-0.05, 0) is 99.7 Å². The average Bonchev–Trinajstić information content (AvgIpc) is 3.40. The Hall–Kier alpha value is -1.71. The van der Waals surface area contributed by atoms with Gasteiger partial charge in [-0.25, -0.2) is 0 Å². The molecule has 0 aliphatic heterocycles. The summed E-state index contributed by atoms with van der Waals surface area (Å²) in [4.78, 5) is 13.3. The van der Waals surface area contributed by atoms with Crippen LogP contribution in [0.2, 0.25) is 0 Å². The summed E-state index contributed by atoms with van der Waals surface area (Å²) < 4.78 is 7.25. The van der Waals surface area contributed by atoms with Crippen LogP contribution in [0.4, 0.5) is 0 Å². The Kier molecular flexibility index (Phi) is 6.16. The Balaban J connectivity index is 1.26. The molecule has 0 spiro atoms. The van der Waals surface area contributed by atoms with E-state index in [9.17, 15) is 9.90 Å². The summed E-state index contributed by atoms with van der Waals surface area (Å²) in [6.45, 7) is 5.82. The van der Waals surface area contributed by atoms with E-state index in [4.69, 9.17) is 10.00 Å². The number of hydrogen-bond donors (Lipinski definition) is 1. The van der Waals surface area contributed by atoms with Crippen molar-refractivity contribution in [1.82, 2.24) is 9.78 Å². The molecule has 33 heavy (non-hydrogen) atoms. The van der Waals surface area contributed by atoms with Crippen LogP contribution in [0.5, 0.6) is 0 Å². The summed E-state index contributed by atoms with van der Waals surface area (Å²) >= 11 is 0. The zero-order valence-corrected chi connectivity index (χ0v) is 20.2. The number of ether oxygens (including phenoxy) is 1. The lowest BCUT2D eigenvalue weighted by Gasteiger charge is -2.57. The van der Waals surface area contributed by atoms with E-state index in [1.807, 2.05) is 6.92 Å². The molecule has 0 aromatic carbocycles. The molecular weight excluding hydrogens is 414 g/mol. The Labute approximate surface area is 197 Å². The number of fused-ring (bicyclic) bond motifs is 5. The SMILES string of the molecule is CCOC[C@@]1(O)CC[C@H]2[C@@H](CC[C@@H]3[C@@H]2CC[C@]2(C)[C@@H](C(=O)Cn4cc(C#N)cn4)CC[C@@H]32)C1. The fraction of sp³-hybridized carbons (Fsp3) is 0.815. The van der Waals surface area contributed by atoms with Crippen LogP contribution in [0.15, 0.2) is 12.4 Å². The van der Waals surface area contributed by atoms with Crippen LogP contribution in [-0.2, 0) is 16.1 Å². The number of nitrogens with zero attached hydrogens (tertiary/aromatic N) is 3. The van der Waals surface area contributed by atoms with Gasteiger partial charge in [0, 0.05) is 18.7 Å². The molecule has 1 heterocycles. The van der Waals surface area contributed by atoms with Crippen LogP contribution in [0.3, 0.4) is 0 Å². The molecule has 0 saturated heterocycles. The third kappa shape index (κ3) is 4.06. The van der Waals surface area contributed by atoms with E-state index >= 15 is 0 Å². The molecule has 4 aliphatic rings. The van der Waals surface area contributed by atoms with Gasteiger partial charge in [0.25, 0.3) is 0 Å². The maximum absolute atomic E-state index is 13.3. The van der Waals surface area contributed by atoms with E-state index in [-0.39, 0.29) is 17.9 Å². The molecule has 5 rings (SSSR count). The van der Waals surface area contributed by atoms with E-state index in [1.54, 1.807) is 10.9 Å². The summed E-state index contributed by atoms with van der Waals surface area (Å²) in [6, 6.07) is 2.09. The smallest absolute Gasteiger partial charge is 0.157 e. The first-order chi connectivity index (χ1) is 15.9. The number of nitriles is 1. The third-order valence-electron chi connectivity index (χ3n) is 10.1. The second-order valence-corrected chi connectivity index (χ2v) is 11.7. The van der Waals surface area contributed by atoms with Crippen molar-refractivity contribution in [3.05, 3.63) is 18.0 Å². The molecule has 1 aromatic rings. The van der Waals surface area contributed by atoms with E-state index in [0.29, 0.717) is 36.4 Å². The van der Waals surface area contributed by atoms with Crippen molar-refractivity contribution in [1.29, 1.82) is 5.26 Å². The van der Waals surface area contributed by atoms with Crippen molar-refractivity contribution in [2.24, 2.45) is 40.9 Å². The molecule has 6 nitrogen and oxygen atoms in total. The predicted octanol–water partition coefficient (Wildman–Crippen LogP) is 4.36. The average molecular weight is 454 g/mol. The second-order valence-electron chi connectivity index (χ2n) is 11.7. The van der Waals surface area contributed by atoms with Gasteiger partial charge in [-0.3, -0.25) is 9.48 Å². The summed E-state index contributed by atoms with van der Waals surface area (Å²) in [5.41, 5.74) is -0.0207. The molecule has 180 valence electrons. The van der Waals surface area contributed by atoms with Gasteiger partial charge in [0.05, 0.1) is 30.5 Å². The summed E-state index contributed by atoms with van der Waals surface area (Å²) in [5.74, 6) is 3.90. The van der Waals surface area contributed by atoms with E-state index in [0.717, 1.165) is 49.9 Å². The van der Waals surface area contributed by atoms with Crippen LogP contribution in [0.1, 0.15) is 77.2 Å². The highest BCUT2D eigenvalue weighted by atomic mass is 16.5. The Morgan fingerprint density at radius 1 is 1.21 bits per heavy atom. The molecule has 6 heteroatoms. The Morgan fingerprint density at radius 2 is 2.03 bits per heavy atom. The molecule has 1 N–H and O–H groups in total. The van der Waals surface area contributed by atoms with E-state index in [2.05, 4.69) is 18.1 Å². The van der Waals surface area contributed by atoms with Crippen molar-refractivity contribution < 1.29 is 14.6 Å². The number of ketones is 1. The van der Waals surface area contributed by atoms with Gasteiger partial charge in [0.15, 0.2) is 5.78 Å². The van der Waals surface area contributed by atoms with Gasteiger partial charge in [-0.2, -0.15) is 10.4 Å². The minimum atomic E-state index is -0.629. The second kappa shape index (κ2) is 8.82. The fourth-order valence-corrected chi connectivity index (χ4v) is 8.69. The maximum atomic E-state index is 13.3. The monoisotopic (exact) mass is 453 g/mol. The van der Waals surface area contributed by atoms with Crippen molar-refractivity contribution >= 4 is 5.78 Å². The largest absolute Gasteiger partial charge is 0.387 e. The standard InChI is InChI=1S/C27H39N3O3/c1-3-33-17-27(32)11-9-20-19(12-27)4-5-22-21(20)8-10-26(2)23(22)6-7-24(26)25(31)16-30-15-18(13-28)14-29-30/h14-15,19-24,32H,3-12,16-17H2,1-2H3/t19-,20-,21+,22+,23-,24+,26-,27+/m0/s1. The van der Waals surface area contributed by atoms with Crippen LogP contribution >= 0.6 is 0 Å². The van der Waals surface area contributed by atoms with Gasteiger partial charge >= 0.3 is 0 Å². The van der Waals surface area contributed by atoms with Crippen molar-refractivity contribution in [3.63, 3.8) is 0 Å². The number of Topliss-reactive ketones (excluding diaryl/α,β-unsaturated/α-hetero) is 1. The van der Waals surface area contributed by atoms with Crippen LogP contribution in [0.25, 0.3) is 0 Å². The molecule has 0 radical (unpaired) electrons. The topological polar surface area (TPSA) is 88.1 Å². The van der Waals surface area contributed by atoms with Gasteiger partial charge < -0.3 is 9.84 Å². The molecule has 0 bridgehead atoms. The predicted molar refractivity (Wildman–Crippen MR) is 124 cm³/mol. The number of hydrogen-bond acceptors (Lipinski definition) is 5. The Morgan fingerprint density at radius 3 is 2.79 bits per heavy atom. The van der Waals surface area contributed by atoms with E-state index in [1.165, 1.54) is 31.9 Å². The zero-order chi connectivity index (χ0) is 23.2. The lowest BCUT2D eigenvalue weighted by Crippen LogP contribution is -2.52. The van der Waals surface area contributed by atoms with Crippen LogP contribution in [0, 0.1) is 52.3 Å². The highest BCUT2D eigenvalue weighted by molar-refractivity contribution is 5.82. The van der Waals surface area contributed by atoms with Crippen molar-refractivity contribution in [3.8, 4) is 6.07 Å². The lowest BCUT2D eigenvalue weighted by molar-refractivity contribution is -0.138. The lowest BCUT2D eigenvalue weighted by atomic mass is 9.49. The number of carbonyl (C=O) groups excluding carboxylic acids is 1. The third-order valence-corrected chi connectivity index (χ3v) is 10.1. The molecule has 4 saturated carbocycles. The van der Waals surface area contributed by atoms with Gasteiger partial charge in [-0.15, -0.1) is 0 Å². The summed E-state index contributed by atoms with van der Waals surface area (Å²) in [5, 5.41) is 24.3. The maximum Gasteiger partial charge on any atom is 0.157 e. The summed E-state index contributed by atoms with van der Waals surface area (Å²) in [6.07, 6.45) is 13.1. The first-order valence-corrected chi connectivity index (χ1v) is 13.1. The van der Waals surface area contributed by atoms with Crippen LogP contribution < -0.4 is 0 Å². The minimum Gasteiger partial charge on any atom is -0.387 e. The number of rotatable bonds is 6. The number of aliphatic hydroxyl groups is 1. The molecule has 1 aromatic heterocycles. The number of aromatic nitrogens is 2. The first kappa shape index (κ1) is 23.1. The minimum absolute atomic E-state index is 0.0979. The summed E-state index contributed by atoms with van der Waals surface area (Å²) in [7, 11) is 0. The highest BCUT2D eigenvalue weighted by Gasteiger charge is 2.59. The van der Waals surface area contributed by atoms with Crippen molar-refractivity contribution in [2.45, 2.75) is 83.8 Å². The fourth-order valence-electron chi connectivity index (χ4n) is 8.69. The Bertz CT molecular complexity index is 922. The molecular formula is C27H39N3O3. The first-order valence-electron chi connectivity index (χ1n) is 13.1.